The Morgan fingerprint density at radius 3 is 2.94 bits per heavy atom. The molecule has 3 rings (SSSR count). The summed E-state index contributed by atoms with van der Waals surface area (Å²) in [5.41, 5.74) is 3.76. The van der Waals surface area contributed by atoms with Crippen LogP contribution in [0.25, 0.3) is 0 Å². The van der Waals surface area contributed by atoms with E-state index in [9.17, 15) is 0 Å². The lowest BCUT2D eigenvalue weighted by Crippen LogP contribution is -2.28. The Balaban J connectivity index is 2.09. The average Bonchev–Trinajstić information content (AvgIpc) is 2.28. The molecule has 0 bridgehead atoms. The summed E-state index contributed by atoms with van der Waals surface area (Å²) in [7, 11) is 0. The smallest absolute Gasteiger partial charge is 0.121 e. The molecule has 0 atom stereocenters. The van der Waals surface area contributed by atoms with Crippen molar-refractivity contribution in [3.05, 3.63) is 64.9 Å². The zero-order chi connectivity index (χ0) is 12.0. The largest absolute Gasteiger partial charge is 0.487 e. The SMILES string of the molecule is C[C]1C=C2CC=CC=C2C2=C1OC(C)(C)C=C2. The third-order valence-electron chi connectivity index (χ3n) is 3.38. The number of rotatable bonds is 0. The number of allylic oxidation sites excluding steroid dienone is 8. The van der Waals surface area contributed by atoms with Crippen molar-refractivity contribution in [3.8, 4) is 0 Å². The van der Waals surface area contributed by atoms with Gasteiger partial charge in [0.2, 0.25) is 0 Å². The van der Waals surface area contributed by atoms with E-state index in [4.69, 9.17) is 4.74 Å². The Kier molecular flexibility index (Phi) is 2.19. The highest BCUT2D eigenvalue weighted by Crippen LogP contribution is 2.42. The average molecular weight is 225 g/mol. The first-order valence-electron chi connectivity index (χ1n) is 6.11. The molecule has 17 heavy (non-hydrogen) atoms. The van der Waals surface area contributed by atoms with Gasteiger partial charge in [-0.05, 0) is 44.4 Å². The fraction of sp³-hybridized carbons (Fsp3) is 0.312. The van der Waals surface area contributed by atoms with E-state index >= 15 is 0 Å². The highest BCUT2D eigenvalue weighted by molar-refractivity contribution is 5.65. The Labute approximate surface area is 103 Å². The molecule has 0 saturated heterocycles. The second-order valence-corrected chi connectivity index (χ2v) is 5.35. The van der Waals surface area contributed by atoms with E-state index in [1.807, 2.05) is 0 Å². The molecule has 1 nitrogen and oxygen atoms in total. The molecule has 0 aromatic heterocycles. The quantitative estimate of drug-likeness (QED) is 0.605. The summed E-state index contributed by atoms with van der Waals surface area (Å²) in [5.74, 6) is 2.28. The van der Waals surface area contributed by atoms with Crippen molar-refractivity contribution in [1.82, 2.24) is 0 Å². The standard InChI is InChI=1S/C16H17O/c1-11-10-12-6-4-5-7-13(12)14-8-9-16(2,3)17-15(11)14/h4-5,7-10H,6H2,1-3H3. The first-order chi connectivity index (χ1) is 8.07. The maximum atomic E-state index is 6.09. The molecule has 1 heteroatoms. The maximum Gasteiger partial charge on any atom is 0.121 e. The summed E-state index contributed by atoms with van der Waals surface area (Å²) < 4.78 is 6.09. The summed E-state index contributed by atoms with van der Waals surface area (Å²) in [6.07, 6.45) is 14.1. The minimum Gasteiger partial charge on any atom is -0.487 e. The van der Waals surface area contributed by atoms with Gasteiger partial charge in [-0.3, -0.25) is 0 Å². The van der Waals surface area contributed by atoms with E-state index < -0.39 is 0 Å². The van der Waals surface area contributed by atoms with E-state index in [0.717, 1.165) is 12.2 Å². The van der Waals surface area contributed by atoms with Crippen LogP contribution in [-0.2, 0) is 4.74 Å². The van der Waals surface area contributed by atoms with Crippen LogP contribution in [0.1, 0.15) is 27.2 Å². The molecule has 0 N–H and O–H groups in total. The van der Waals surface area contributed by atoms with Gasteiger partial charge in [0, 0.05) is 5.57 Å². The number of ether oxygens (including phenoxy) is 1. The van der Waals surface area contributed by atoms with E-state index in [1.165, 1.54) is 22.6 Å². The van der Waals surface area contributed by atoms with Crippen LogP contribution in [-0.4, -0.2) is 5.60 Å². The van der Waals surface area contributed by atoms with Gasteiger partial charge in [0.15, 0.2) is 0 Å². The van der Waals surface area contributed by atoms with E-state index in [1.54, 1.807) is 0 Å². The fourth-order valence-electron chi connectivity index (χ4n) is 2.52. The second kappa shape index (κ2) is 3.49. The molecule has 0 fully saturated rings. The maximum absolute atomic E-state index is 6.09. The molecule has 0 saturated carbocycles. The van der Waals surface area contributed by atoms with E-state index in [0.29, 0.717) is 0 Å². The molecular weight excluding hydrogens is 208 g/mol. The van der Waals surface area contributed by atoms with Crippen LogP contribution in [0.5, 0.6) is 0 Å². The molecule has 0 aromatic carbocycles. The molecule has 87 valence electrons. The summed E-state index contributed by atoms with van der Waals surface area (Å²) in [4.78, 5) is 0. The van der Waals surface area contributed by atoms with E-state index in [2.05, 4.69) is 57.2 Å². The Bertz CT molecular complexity index is 510. The Hall–Kier alpha value is -1.50. The van der Waals surface area contributed by atoms with Crippen molar-refractivity contribution in [2.75, 3.05) is 0 Å². The van der Waals surface area contributed by atoms with Crippen LogP contribution >= 0.6 is 0 Å². The van der Waals surface area contributed by atoms with Gasteiger partial charge in [0.25, 0.3) is 0 Å². The zero-order valence-electron chi connectivity index (χ0n) is 10.6. The first-order valence-corrected chi connectivity index (χ1v) is 6.11. The van der Waals surface area contributed by atoms with Crippen LogP contribution in [0.15, 0.2) is 58.9 Å². The highest BCUT2D eigenvalue weighted by atomic mass is 16.5. The molecule has 1 aliphatic heterocycles. The molecule has 1 heterocycles. The number of hydrogen-bond acceptors (Lipinski definition) is 1. The number of fused-ring (bicyclic) bond motifs is 2. The summed E-state index contributed by atoms with van der Waals surface area (Å²) in [6.45, 7) is 6.32. The van der Waals surface area contributed by atoms with Gasteiger partial charge in [-0.25, -0.2) is 0 Å². The van der Waals surface area contributed by atoms with Crippen LogP contribution in [0, 0.1) is 5.92 Å². The van der Waals surface area contributed by atoms with Gasteiger partial charge >= 0.3 is 0 Å². The molecule has 0 amide bonds. The summed E-state index contributed by atoms with van der Waals surface area (Å²) in [6, 6.07) is 0. The van der Waals surface area contributed by atoms with Crippen molar-refractivity contribution in [3.63, 3.8) is 0 Å². The van der Waals surface area contributed by atoms with Crippen molar-refractivity contribution < 1.29 is 4.74 Å². The molecule has 2 aliphatic carbocycles. The third-order valence-corrected chi connectivity index (χ3v) is 3.38. The van der Waals surface area contributed by atoms with Crippen LogP contribution < -0.4 is 0 Å². The predicted molar refractivity (Wildman–Crippen MR) is 70.2 cm³/mol. The molecule has 0 aromatic rings. The predicted octanol–water partition coefficient (Wildman–Crippen LogP) is 4.03. The monoisotopic (exact) mass is 225 g/mol. The van der Waals surface area contributed by atoms with Crippen molar-refractivity contribution in [2.24, 2.45) is 0 Å². The minimum atomic E-state index is -0.198. The molecule has 0 unspecified atom stereocenters. The van der Waals surface area contributed by atoms with Gasteiger partial charge in [-0.2, -0.15) is 0 Å². The normalized spacial score (nSPS) is 25.8. The topological polar surface area (TPSA) is 9.23 Å². The lowest BCUT2D eigenvalue weighted by molar-refractivity contribution is 0.0741. The number of hydrogen-bond donors (Lipinski definition) is 0. The summed E-state index contributed by atoms with van der Waals surface area (Å²) in [5, 5.41) is 0. The van der Waals surface area contributed by atoms with Gasteiger partial charge in [0.05, 0.1) is 5.92 Å². The molecular formula is C16H17O. The van der Waals surface area contributed by atoms with Gasteiger partial charge in [0.1, 0.15) is 11.4 Å². The van der Waals surface area contributed by atoms with Crippen molar-refractivity contribution in [1.29, 1.82) is 0 Å². The lowest BCUT2D eigenvalue weighted by Gasteiger charge is -2.35. The van der Waals surface area contributed by atoms with E-state index in [-0.39, 0.29) is 5.60 Å². The fourth-order valence-corrected chi connectivity index (χ4v) is 2.52. The zero-order valence-corrected chi connectivity index (χ0v) is 10.6. The van der Waals surface area contributed by atoms with Gasteiger partial charge < -0.3 is 4.74 Å². The van der Waals surface area contributed by atoms with Crippen molar-refractivity contribution >= 4 is 0 Å². The van der Waals surface area contributed by atoms with Gasteiger partial charge in [-0.15, -0.1) is 0 Å². The lowest BCUT2D eigenvalue weighted by atomic mass is 9.80. The molecule has 3 aliphatic rings. The summed E-state index contributed by atoms with van der Waals surface area (Å²) >= 11 is 0. The van der Waals surface area contributed by atoms with Crippen LogP contribution in [0.3, 0.4) is 0 Å². The van der Waals surface area contributed by atoms with Crippen LogP contribution in [0.2, 0.25) is 0 Å². The second-order valence-electron chi connectivity index (χ2n) is 5.35. The Morgan fingerprint density at radius 1 is 1.29 bits per heavy atom. The highest BCUT2D eigenvalue weighted by Gasteiger charge is 2.31. The molecule has 1 radical (unpaired) electrons. The van der Waals surface area contributed by atoms with Crippen LogP contribution in [0.4, 0.5) is 0 Å². The third kappa shape index (κ3) is 1.70. The first kappa shape index (κ1) is 10.6. The minimum absolute atomic E-state index is 0.198. The van der Waals surface area contributed by atoms with Crippen molar-refractivity contribution in [2.45, 2.75) is 32.8 Å². The Morgan fingerprint density at radius 2 is 2.12 bits per heavy atom. The molecule has 0 spiro atoms. The van der Waals surface area contributed by atoms with Gasteiger partial charge in [-0.1, -0.05) is 30.4 Å².